The zero-order valence-electron chi connectivity index (χ0n) is 22.8. The molecule has 2 nitrogen and oxygen atoms in total. The molecule has 0 bridgehead atoms. The van der Waals surface area contributed by atoms with E-state index in [2.05, 4.69) is 126 Å². The summed E-state index contributed by atoms with van der Waals surface area (Å²) in [4.78, 5) is 4.83. The lowest BCUT2D eigenvalue weighted by Crippen LogP contribution is -2.26. The number of rotatable bonds is 11. The third-order valence-corrected chi connectivity index (χ3v) is 9.59. The van der Waals surface area contributed by atoms with Crippen LogP contribution in [0.4, 0.5) is 11.4 Å². The van der Waals surface area contributed by atoms with Gasteiger partial charge in [-0.1, -0.05) is 114 Å². The van der Waals surface area contributed by atoms with Gasteiger partial charge < -0.3 is 4.30 Å². The summed E-state index contributed by atoms with van der Waals surface area (Å²) in [5.74, 6) is 1.56. The summed E-state index contributed by atoms with van der Waals surface area (Å²) in [5.41, 5.74) is 9.31. The molecule has 1 N–H and O–H groups in total. The van der Waals surface area contributed by atoms with Crippen LogP contribution < -0.4 is 4.30 Å². The molecule has 0 radical (unpaired) electrons. The maximum atomic E-state index is 4.83. The lowest BCUT2D eigenvalue weighted by Gasteiger charge is -2.24. The van der Waals surface area contributed by atoms with Gasteiger partial charge in [0, 0.05) is 11.9 Å². The van der Waals surface area contributed by atoms with E-state index in [1.165, 1.54) is 44.1 Å². The molecule has 0 amide bonds. The van der Waals surface area contributed by atoms with Gasteiger partial charge in [-0.3, -0.25) is 4.99 Å². The molecule has 35 heavy (non-hydrogen) atoms. The summed E-state index contributed by atoms with van der Waals surface area (Å²) in [6.07, 6.45) is 3.14. The van der Waals surface area contributed by atoms with Crippen LogP contribution in [0.3, 0.4) is 0 Å². The molecule has 0 aliphatic carbocycles. The maximum Gasteiger partial charge on any atom is 0.411 e. The fourth-order valence-electron chi connectivity index (χ4n) is 4.63. The van der Waals surface area contributed by atoms with Crippen molar-refractivity contribution in [1.82, 2.24) is 0 Å². The Morgan fingerprint density at radius 1 is 0.800 bits per heavy atom. The average molecular weight is 483 g/mol. The zero-order valence-corrected chi connectivity index (χ0v) is 24.0. The van der Waals surface area contributed by atoms with Crippen LogP contribution in [-0.4, -0.2) is 20.6 Å². The first-order valence-electron chi connectivity index (χ1n) is 13.4. The Morgan fingerprint density at radius 3 is 2.09 bits per heavy atom. The van der Waals surface area contributed by atoms with Gasteiger partial charge in [0.05, 0.1) is 5.69 Å². The summed E-state index contributed by atoms with van der Waals surface area (Å²) in [6.45, 7) is 16.0. The number of hydrogen-bond donors (Lipinski definition) is 1. The van der Waals surface area contributed by atoms with Gasteiger partial charge in [0.2, 0.25) is 0 Å². The summed E-state index contributed by atoms with van der Waals surface area (Å²) in [6, 6.07) is 24.2. The highest BCUT2D eigenvalue weighted by Crippen LogP contribution is 2.33. The smallest absolute Gasteiger partial charge is 0.411 e. The number of nitrogens with one attached hydrogen (secondary N) is 1. The van der Waals surface area contributed by atoms with E-state index in [1.807, 2.05) is 0 Å². The Labute approximate surface area is 218 Å². The van der Waals surface area contributed by atoms with Crippen LogP contribution >= 0.6 is 0 Å². The molecule has 0 spiro atoms. The van der Waals surface area contributed by atoms with E-state index >= 15 is 0 Å². The Morgan fingerprint density at radius 2 is 1.46 bits per heavy atom. The lowest BCUT2D eigenvalue weighted by atomic mass is 9.93. The van der Waals surface area contributed by atoms with Gasteiger partial charge in [-0.25, -0.2) is 0 Å². The van der Waals surface area contributed by atoms with Gasteiger partial charge in [0.15, 0.2) is 0 Å². The van der Waals surface area contributed by atoms with Crippen molar-refractivity contribution in [1.29, 1.82) is 0 Å². The van der Waals surface area contributed by atoms with Crippen molar-refractivity contribution in [2.45, 2.75) is 83.2 Å². The Kier molecular flexibility index (Phi) is 10.2. The van der Waals surface area contributed by atoms with Crippen molar-refractivity contribution in [2.24, 2.45) is 4.99 Å². The van der Waals surface area contributed by atoms with E-state index in [0.717, 1.165) is 12.1 Å². The van der Waals surface area contributed by atoms with Crippen LogP contribution in [0.25, 0.3) is 0 Å². The third-order valence-electron chi connectivity index (χ3n) is 6.92. The van der Waals surface area contributed by atoms with Crippen molar-refractivity contribution < 1.29 is 0 Å². The predicted molar refractivity (Wildman–Crippen MR) is 157 cm³/mol. The van der Waals surface area contributed by atoms with E-state index in [1.54, 1.807) is 0 Å². The van der Waals surface area contributed by atoms with Crippen LogP contribution in [0, 0.1) is 0 Å². The monoisotopic (exact) mass is 482 g/mol. The van der Waals surface area contributed by atoms with Crippen LogP contribution in [0.2, 0.25) is 10.6 Å². The molecule has 3 rings (SSSR count). The van der Waals surface area contributed by atoms with E-state index in [0.29, 0.717) is 17.8 Å². The topological polar surface area (TPSA) is 24.4 Å². The second-order valence-corrected chi connectivity index (χ2v) is 13.7. The van der Waals surface area contributed by atoms with Gasteiger partial charge >= 0.3 is 14.4 Å². The SMILES string of the molecule is C[CH2][Al]([CH2]Cc1ccccc1C=Nc1cccc(C(C)C)c1)[NH]c1c(C(C)C)cccc1C(C)C. The van der Waals surface area contributed by atoms with Gasteiger partial charge in [-0.05, 0) is 64.1 Å². The number of anilines is 1. The standard InChI is InChI=1S/C18H20N.C12H18N.C2H5.Al/c1-4-15-8-5-6-9-17(15)13-19-18-11-7-10-16(12-18)14(2)3;1-8(2)10-6-5-7-11(9(3)4)12(10)13;1-2;/h5-14H,1,4H2,2-3H3;5-9,13H,1-4H3;1H2,2H3;/q;-1;;+1. The number of nitrogens with zero attached hydrogens (tertiary/aromatic N) is 1. The number of hydrogen-bond acceptors (Lipinski definition) is 2. The first-order chi connectivity index (χ1) is 16.8. The zero-order chi connectivity index (χ0) is 25.4. The van der Waals surface area contributed by atoms with Crippen molar-refractivity contribution in [3.63, 3.8) is 0 Å². The van der Waals surface area contributed by atoms with E-state index in [4.69, 9.17) is 4.99 Å². The molecule has 0 heterocycles. The molecule has 0 unspecified atom stereocenters. The maximum absolute atomic E-state index is 4.83. The average Bonchev–Trinajstić information content (AvgIpc) is 2.85. The molecule has 0 aromatic heterocycles. The number of aryl methyl sites for hydroxylation is 1. The van der Waals surface area contributed by atoms with Crippen LogP contribution in [0.1, 0.15) is 94.0 Å². The number of benzene rings is 3. The molecule has 0 aliphatic heterocycles. The molecule has 3 aromatic rings. The molecule has 3 heteroatoms. The second-order valence-electron chi connectivity index (χ2n) is 10.6. The molecule has 0 atom stereocenters. The van der Waals surface area contributed by atoms with Gasteiger partial charge in [0.25, 0.3) is 0 Å². The first-order valence-corrected chi connectivity index (χ1v) is 15.6. The third kappa shape index (κ3) is 7.57. The summed E-state index contributed by atoms with van der Waals surface area (Å²) in [5, 5.41) is 2.47. The second kappa shape index (κ2) is 13.1. The fourth-order valence-corrected chi connectivity index (χ4v) is 6.78. The van der Waals surface area contributed by atoms with E-state index < -0.39 is 14.4 Å². The van der Waals surface area contributed by atoms with E-state index in [9.17, 15) is 0 Å². The molecule has 0 saturated carbocycles. The normalized spacial score (nSPS) is 11.7. The van der Waals surface area contributed by atoms with E-state index in [-0.39, 0.29) is 0 Å². The lowest BCUT2D eigenvalue weighted by molar-refractivity contribution is 0.839. The van der Waals surface area contributed by atoms with Gasteiger partial charge in [-0.15, -0.1) is 0 Å². The molecule has 0 fully saturated rings. The minimum Gasteiger partial charge on any atom is -0.476 e. The van der Waals surface area contributed by atoms with Crippen LogP contribution in [0.15, 0.2) is 71.7 Å². The molecule has 3 aromatic carbocycles. The van der Waals surface area contributed by atoms with Crippen LogP contribution in [-0.2, 0) is 6.42 Å². The highest BCUT2D eigenvalue weighted by molar-refractivity contribution is 6.62. The van der Waals surface area contributed by atoms with Gasteiger partial charge in [0.1, 0.15) is 0 Å². The molecular weight excluding hydrogens is 439 g/mol. The predicted octanol–water partition coefficient (Wildman–Crippen LogP) is 9.47. The summed E-state index contributed by atoms with van der Waals surface area (Å²) >= 11 is -1.16. The minimum absolute atomic E-state index is 0.512. The molecule has 0 saturated heterocycles. The summed E-state index contributed by atoms with van der Waals surface area (Å²) in [7, 11) is 0. The molecule has 184 valence electrons. The van der Waals surface area contributed by atoms with Gasteiger partial charge in [-0.2, -0.15) is 0 Å². The fraction of sp³-hybridized carbons (Fsp3) is 0.406. The highest BCUT2D eigenvalue weighted by atomic mass is 27.2. The Hall–Kier alpha value is -2.34. The number of para-hydroxylation sites is 1. The summed E-state index contributed by atoms with van der Waals surface area (Å²) < 4.78 is 4.10. The first kappa shape index (κ1) is 27.3. The Bertz CT molecular complexity index is 1090. The number of aliphatic imine (C=N–C) groups is 1. The highest BCUT2D eigenvalue weighted by Gasteiger charge is 2.21. The molecular formula is C32H43AlN2. The van der Waals surface area contributed by atoms with Crippen molar-refractivity contribution in [3.05, 3.63) is 94.5 Å². The van der Waals surface area contributed by atoms with Crippen molar-refractivity contribution in [2.75, 3.05) is 4.30 Å². The quantitative estimate of drug-likeness (QED) is 0.213. The minimum atomic E-state index is -1.16. The van der Waals surface area contributed by atoms with Crippen molar-refractivity contribution >= 4 is 32.0 Å². The van der Waals surface area contributed by atoms with Crippen LogP contribution in [0.5, 0.6) is 0 Å². The molecule has 0 aliphatic rings. The Balaban J connectivity index is 1.76. The largest absolute Gasteiger partial charge is 0.476 e. The van der Waals surface area contributed by atoms with Crippen molar-refractivity contribution in [3.8, 4) is 0 Å².